The van der Waals surface area contributed by atoms with Gasteiger partial charge in [0.2, 0.25) is 0 Å². The molecule has 70 valence electrons. The molecule has 0 spiro atoms. The maximum Gasteiger partial charge on any atom is 0.318 e. The quantitative estimate of drug-likeness (QED) is 0.654. The van der Waals surface area contributed by atoms with Crippen molar-refractivity contribution in [2.75, 3.05) is 19.8 Å². The molecule has 0 aromatic rings. The van der Waals surface area contributed by atoms with Crippen LogP contribution in [0, 0.1) is 0 Å². The molecule has 0 aliphatic heterocycles. The Hall–Kier alpha value is 0.0969. The minimum absolute atomic E-state index is 0.250. The van der Waals surface area contributed by atoms with E-state index in [-0.39, 0.29) is 6.61 Å². The lowest BCUT2D eigenvalue weighted by Crippen LogP contribution is -2.17. The Bertz CT molecular complexity index is 55.6. The van der Waals surface area contributed by atoms with Crippen LogP contribution in [-0.2, 0) is 8.85 Å². The summed E-state index contributed by atoms with van der Waals surface area (Å²) >= 11 is 0. The third kappa shape index (κ3) is 17.8. The fourth-order valence-corrected chi connectivity index (χ4v) is 1.55. The summed E-state index contributed by atoms with van der Waals surface area (Å²) in [5, 5.41) is 7.57. The topological polar surface area (TPSA) is 38.7 Å². The van der Waals surface area contributed by atoms with Crippen LogP contribution in [0.25, 0.3) is 0 Å². The van der Waals surface area contributed by atoms with Gasteiger partial charge in [0, 0.05) is 19.8 Å². The van der Waals surface area contributed by atoms with E-state index in [1.165, 1.54) is 0 Å². The van der Waals surface area contributed by atoms with Gasteiger partial charge in [0.05, 0.1) is 0 Å². The highest BCUT2D eigenvalue weighted by atomic mass is 28.3. The second kappa shape index (κ2) is 12.7. The zero-order valence-corrected chi connectivity index (χ0v) is 9.12. The number of hydrogen-bond acceptors (Lipinski definition) is 3. The van der Waals surface area contributed by atoms with Crippen LogP contribution >= 0.6 is 0 Å². The molecular weight excluding hydrogens is 160 g/mol. The molecule has 1 N–H and O–H groups in total. The molecule has 0 saturated carbocycles. The zero-order chi connectivity index (χ0) is 9.11. The number of hydrogen-bond donors (Lipinski definition) is 1. The second-order valence-electron chi connectivity index (χ2n) is 1.79. The highest BCUT2D eigenvalue weighted by molar-refractivity contribution is 6.42. The van der Waals surface area contributed by atoms with Gasteiger partial charge in [0.15, 0.2) is 0 Å². The highest BCUT2D eigenvalue weighted by Gasteiger charge is 1.99. The normalized spacial score (nSPS) is 9.27. The molecule has 0 radical (unpaired) electrons. The van der Waals surface area contributed by atoms with Gasteiger partial charge < -0.3 is 14.0 Å². The lowest BCUT2D eigenvalue weighted by atomic mass is 10.9. The summed E-state index contributed by atoms with van der Waals surface area (Å²) in [6.45, 7) is 9.51. The molecule has 0 amide bonds. The average Bonchev–Trinajstić information content (AvgIpc) is 1.90. The number of aliphatic hydroxyl groups is 1. The van der Waals surface area contributed by atoms with Crippen molar-refractivity contribution >= 4 is 9.28 Å². The van der Waals surface area contributed by atoms with E-state index in [0.717, 1.165) is 13.2 Å². The summed E-state index contributed by atoms with van der Waals surface area (Å²) in [6.07, 6.45) is 0. The maximum absolute atomic E-state index is 7.57. The summed E-state index contributed by atoms with van der Waals surface area (Å²) < 4.78 is 10.4. The van der Waals surface area contributed by atoms with E-state index in [1.54, 1.807) is 6.92 Å². The van der Waals surface area contributed by atoms with Crippen molar-refractivity contribution in [1.82, 2.24) is 0 Å². The molecule has 0 saturated heterocycles. The van der Waals surface area contributed by atoms with E-state index in [2.05, 4.69) is 0 Å². The van der Waals surface area contributed by atoms with Crippen LogP contribution in [0.3, 0.4) is 0 Å². The standard InChI is InChI=1S/C5H14O2Si.C2H6O/c1-4-6-8(3)7-5-2;1-2-3/h8H,4-5H2,1-3H3;3H,2H2,1H3. The van der Waals surface area contributed by atoms with Crippen LogP contribution in [0.15, 0.2) is 0 Å². The van der Waals surface area contributed by atoms with Gasteiger partial charge in [0.1, 0.15) is 0 Å². The maximum atomic E-state index is 7.57. The van der Waals surface area contributed by atoms with Crippen molar-refractivity contribution in [3.05, 3.63) is 0 Å². The molecule has 0 unspecified atom stereocenters. The van der Waals surface area contributed by atoms with Gasteiger partial charge in [0.25, 0.3) is 0 Å². The first-order valence-corrected chi connectivity index (χ1v) is 6.16. The summed E-state index contributed by atoms with van der Waals surface area (Å²) in [4.78, 5) is 0. The number of aliphatic hydroxyl groups excluding tert-OH is 1. The summed E-state index contributed by atoms with van der Waals surface area (Å²) in [6, 6.07) is 0. The number of rotatable bonds is 4. The third-order valence-corrected chi connectivity index (χ3v) is 2.41. The molecule has 0 rings (SSSR count). The van der Waals surface area contributed by atoms with Crippen LogP contribution in [0.1, 0.15) is 20.8 Å². The molecular formula is C7H20O3Si. The fraction of sp³-hybridized carbons (Fsp3) is 1.00. The molecule has 0 aromatic heterocycles. The van der Waals surface area contributed by atoms with Gasteiger partial charge in [-0.05, 0) is 27.3 Å². The van der Waals surface area contributed by atoms with Crippen molar-refractivity contribution in [2.45, 2.75) is 27.3 Å². The second-order valence-corrected chi connectivity index (χ2v) is 3.60. The van der Waals surface area contributed by atoms with Crippen molar-refractivity contribution in [3.63, 3.8) is 0 Å². The predicted octanol–water partition coefficient (Wildman–Crippen LogP) is 0.908. The SMILES string of the molecule is CCO.CCO[SiH](C)OCC. The first-order valence-electron chi connectivity index (χ1n) is 4.06. The first-order chi connectivity index (χ1) is 5.22. The Kier molecular flexibility index (Phi) is 15.8. The molecule has 0 bridgehead atoms. The lowest BCUT2D eigenvalue weighted by Gasteiger charge is -2.07. The zero-order valence-electron chi connectivity index (χ0n) is 7.96. The van der Waals surface area contributed by atoms with E-state index in [0.29, 0.717) is 0 Å². The molecule has 0 aliphatic carbocycles. The molecule has 0 aliphatic rings. The Morgan fingerprint density at radius 1 is 1.09 bits per heavy atom. The van der Waals surface area contributed by atoms with Gasteiger partial charge >= 0.3 is 9.28 Å². The average molecular weight is 180 g/mol. The molecule has 0 heterocycles. The molecule has 0 fully saturated rings. The van der Waals surface area contributed by atoms with Crippen LogP contribution in [0.4, 0.5) is 0 Å². The molecule has 3 nitrogen and oxygen atoms in total. The Morgan fingerprint density at radius 3 is 1.55 bits per heavy atom. The van der Waals surface area contributed by atoms with Gasteiger partial charge in [-0.15, -0.1) is 0 Å². The van der Waals surface area contributed by atoms with Gasteiger partial charge in [-0.2, -0.15) is 0 Å². The minimum atomic E-state index is -1.20. The smallest absolute Gasteiger partial charge is 0.318 e. The molecule has 4 heteroatoms. The molecule has 11 heavy (non-hydrogen) atoms. The Balaban J connectivity index is 0. The van der Waals surface area contributed by atoms with E-state index < -0.39 is 9.28 Å². The summed E-state index contributed by atoms with van der Waals surface area (Å²) in [5.74, 6) is 0. The fourth-order valence-electron chi connectivity index (χ4n) is 0.518. The third-order valence-electron chi connectivity index (χ3n) is 0.803. The van der Waals surface area contributed by atoms with Gasteiger partial charge in [-0.1, -0.05) is 0 Å². The van der Waals surface area contributed by atoms with E-state index >= 15 is 0 Å². The summed E-state index contributed by atoms with van der Waals surface area (Å²) in [5.41, 5.74) is 0. The Labute approximate surface area is 71.2 Å². The van der Waals surface area contributed by atoms with Gasteiger partial charge in [-0.25, -0.2) is 0 Å². The Morgan fingerprint density at radius 2 is 1.36 bits per heavy atom. The van der Waals surface area contributed by atoms with Crippen LogP contribution < -0.4 is 0 Å². The van der Waals surface area contributed by atoms with Crippen LogP contribution in [0.5, 0.6) is 0 Å². The summed E-state index contributed by atoms with van der Waals surface area (Å²) in [7, 11) is -1.20. The van der Waals surface area contributed by atoms with Crippen LogP contribution in [0.2, 0.25) is 6.55 Å². The van der Waals surface area contributed by atoms with Crippen molar-refractivity contribution < 1.29 is 14.0 Å². The van der Waals surface area contributed by atoms with E-state index in [1.807, 2.05) is 20.4 Å². The first kappa shape index (κ1) is 13.7. The van der Waals surface area contributed by atoms with Crippen molar-refractivity contribution in [3.8, 4) is 0 Å². The van der Waals surface area contributed by atoms with Gasteiger partial charge in [-0.3, -0.25) is 0 Å². The van der Waals surface area contributed by atoms with E-state index in [9.17, 15) is 0 Å². The van der Waals surface area contributed by atoms with Crippen molar-refractivity contribution in [2.24, 2.45) is 0 Å². The minimum Gasteiger partial charge on any atom is -0.397 e. The largest absolute Gasteiger partial charge is 0.397 e. The van der Waals surface area contributed by atoms with E-state index in [4.69, 9.17) is 14.0 Å². The molecule has 0 atom stereocenters. The molecule has 0 aromatic carbocycles. The van der Waals surface area contributed by atoms with Crippen LogP contribution in [-0.4, -0.2) is 34.2 Å². The highest BCUT2D eigenvalue weighted by Crippen LogP contribution is 1.85. The monoisotopic (exact) mass is 180 g/mol. The lowest BCUT2D eigenvalue weighted by molar-refractivity contribution is 0.219. The predicted molar refractivity (Wildman–Crippen MR) is 49.0 cm³/mol. The van der Waals surface area contributed by atoms with Crippen molar-refractivity contribution in [1.29, 1.82) is 0 Å².